The Kier molecular flexibility index (Phi) is 5.22. The number of nitrogens with zero attached hydrogens (tertiary/aromatic N) is 3. The van der Waals surface area contributed by atoms with Gasteiger partial charge in [0.25, 0.3) is 5.91 Å². The van der Waals surface area contributed by atoms with Crippen LogP contribution in [0.25, 0.3) is 0 Å². The minimum Gasteiger partial charge on any atom is -0.335 e. The topological polar surface area (TPSA) is 47.3 Å². The number of likely N-dealkylation sites (tertiary alicyclic amines) is 1. The second-order valence-electron chi connectivity index (χ2n) is 5.40. The molecule has 2 aliphatic heterocycles. The largest absolute Gasteiger partial charge is 0.335 e. The average molecular weight is 373 g/mol. The lowest BCUT2D eigenvalue weighted by Gasteiger charge is -2.42. The van der Waals surface area contributed by atoms with Crippen LogP contribution in [-0.2, 0) is 4.79 Å². The molecule has 2 fully saturated rings. The van der Waals surface area contributed by atoms with Gasteiger partial charge >= 0.3 is 0 Å². The predicted octanol–water partition coefficient (Wildman–Crippen LogP) is 2.51. The number of amides is 1. The van der Waals surface area contributed by atoms with E-state index in [1.165, 1.54) is 6.42 Å². The van der Waals surface area contributed by atoms with Crippen molar-refractivity contribution in [2.75, 3.05) is 19.6 Å². The van der Waals surface area contributed by atoms with Crippen LogP contribution >= 0.6 is 22.9 Å². The Hall–Kier alpha value is -0.610. The smallest absolute Gasteiger partial charge is 0.264 e. The van der Waals surface area contributed by atoms with Gasteiger partial charge in [0, 0.05) is 48.5 Å². The molecule has 0 spiro atoms. The van der Waals surface area contributed by atoms with Gasteiger partial charge in [-0.15, -0.1) is 0 Å². The quantitative estimate of drug-likeness (QED) is 0.324. The van der Waals surface area contributed by atoms with Crippen molar-refractivity contribution in [3.63, 3.8) is 0 Å². The summed E-state index contributed by atoms with van der Waals surface area (Å²) in [6.45, 7) is 6.56. The highest BCUT2D eigenvalue weighted by molar-refractivity contribution is 14.1. The van der Waals surface area contributed by atoms with Crippen molar-refractivity contribution in [3.05, 3.63) is 12.2 Å². The molecule has 0 aromatic rings. The van der Waals surface area contributed by atoms with Crippen molar-refractivity contribution in [3.8, 4) is 6.07 Å². The first-order valence-electron chi connectivity index (χ1n) is 6.94. The molecule has 1 unspecified atom stereocenters. The maximum Gasteiger partial charge on any atom is 0.264 e. The summed E-state index contributed by atoms with van der Waals surface area (Å²) in [5.74, 6) is 0.436. The summed E-state index contributed by atoms with van der Waals surface area (Å²) in [6, 6.07) is 2.21. The van der Waals surface area contributed by atoms with Gasteiger partial charge in [0.15, 0.2) is 0 Å². The van der Waals surface area contributed by atoms with Crippen LogP contribution in [0, 0.1) is 17.2 Å². The molecule has 0 N–H and O–H groups in total. The lowest BCUT2D eigenvalue weighted by molar-refractivity contribution is -0.132. The Morgan fingerprint density at radius 3 is 2.53 bits per heavy atom. The van der Waals surface area contributed by atoms with Gasteiger partial charge in [-0.1, -0.05) is 6.58 Å². The third-order valence-corrected chi connectivity index (χ3v) is 5.20. The summed E-state index contributed by atoms with van der Waals surface area (Å²) in [7, 11) is 0. The van der Waals surface area contributed by atoms with Crippen LogP contribution in [-0.4, -0.2) is 39.6 Å². The van der Waals surface area contributed by atoms with Crippen LogP contribution in [0.1, 0.15) is 32.1 Å². The molecule has 2 heterocycles. The Bertz CT molecular complexity index is 396. The molecule has 1 atom stereocenters. The predicted molar refractivity (Wildman–Crippen MR) is 82.4 cm³/mol. The molecule has 0 bridgehead atoms. The van der Waals surface area contributed by atoms with Gasteiger partial charge in [0.2, 0.25) is 0 Å². The van der Waals surface area contributed by atoms with Crippen molar-refractivity contribution in [2.24, 2.45) is 5.92 Å². The molecule has 19 heavy (non-hydrogen) atoms. The summed E-state index contributed by atoms with van der Waals surface area (Å²) < 4.78 is 2.32. The summed E-state index contributed by atoms with van der Waals surface area (Å²) in [5, 5.41) is 8.86. The van der Waals surface area contributed by atoms with Gasteiger partial charge in [-0.05, 0) is 38.0 Å². The van der Waals surface area contributed by atoms with Crippen molar-refractivity contribution in [1.82, 2.24) is 8.01 Å². The zero-order valence-corrected chi connectivity index (χ0v) is 13.3. The second kappa shape index (κ2) is 6.71. The van der Waals surface area contributed by atoms with Crippen LogP contribution in [0.5, 0.6) is 0 Å². The standard InChI is InChI=1S/C14H20IN3O/c1-11(10-16)14(19)18-7-3-2-4-13(18)12-5-8-17(15)9-6-12/h12-13H,1-9H2. The molecular formula is C14H20IN3O. The zero-order valence-electron chi connectivity index (χ0n) is 11.1. The number of nitriles is 1. The van der Waals surface area contributed by atoms with Gasteiger partial charge in [0.05, 0.1) is 0 Å². The highest BCUT2D eigenvalue weighted by atomic mass is 127. The van der Waals surface area contributed by atoms with Crippen LogP contribution in [0.3, 0.4) is 0 Å². The van der Waals surface area contributed by atoms with Crippen LogP contribution in [0.15, 0.2) is 12.2 Å². The van der Waals surface area contributed by atoms with Crippen molar-refractivity contribution in [1.29, 1.82) is 5.26 Å². The van der Waals surface area contributed by atoms with Crippen LogP contribution < -0.4 is 0 Å². The SMILES string of the molecule is C=C(C#N)C(=O)N1CCCCC1C1CCN(I)CC1. The van der Waals surface area contributed by atoms with E-state index in [2.05, 4.69) is 32.6 Å². The Morgan fingerprint density at radius 2 is 1.89 bits per heavy atom. The molecule has 0 aromatic heterocycles. The average Bonchev–Trinajstić information content (AvgIpc) is 2.46. The molecule has 104 valence electrons. The van der Waals surface area contributed by atoms with E-state index < -0.39 is 0 Å². The first kappa shape index (κ1) is 14.8. The highest BCUT2D eigenvalue weighted by Crippen LogP contribution is 2.31. The minimum absolute atomic E-state index is 0.0817. The molecular weight excluding hydrogens is 353 g/mol. The lowest BCUT2D eigenvalue weighted by atomic mass is 9.84. The molecule has 0 aliphatic carbocycles. The fraction of sp³-hybridized carbons (Fsp3) is 0.714. The molecule has 2 aliphatic rings. The third-order valence-electron chi connectivity index (χ3n) is 4.23. The lowest BCUT2D eigenvalue weighted by Crippen LogP contribution is -2.49. The Balaban J connectivity index is 2.06. The maximum absolute atomic E-state index is 12.2. The molecule has 1 amide bonds. The molecule has 2 rings (SSSR count). The fourth-order valence-electron chi connectivity index (χ4n) is 3.17. The maximum atomic E-state index is 12.2. The highest BCUT2D eigenvalue weighted by Gasteiger charge is 2.35. The third kappa shape index (κ3) is 3.48. The van der Waals surface area contributed by atoms with E-state index in [0.717, 1.165) is 45.3 Å². The molecule has 0 saturated carbocycles. The van der Waals surface area contributed by atoms with Gasteiger partial charge in [0.1, 0.15) is 11.6 Å². The van der Waals surface area contributed by atoms with Crippen molar-refractivity contribution in [2.45, 2.75) is 38.1 Å². The van der Waals surface area contributed by atoms with E-state index in [-0.39, 0.29) is 11.5 Å². The van der Waals surface area contributed by atoms with Gasteiger partial charge < -0.3 is 4.90 Å². The normalized spacial score (nSPS) is 25.9. The summed E-state index contributed by atoms with van der Waals surface area (Å²) >= 11 is 2.37. The fourth-order valence-corrected chi connectivity index (χ4v) is 3.73. The van der Waals surface area contributed by atoms with E-state index >= 15 is 0 Å². The molecule has 2 saturated heterocycles. The Labute approximate surface area is 128 Å². The van der Waals surface area contributed by atoms with E-state index in [1.807, 2.05) is 11.0 Å². The molecule has 4 nitrogen and oxygen atoms in total. The summed E-state index contributed by atoms with van der Waals surface area (Å²) in [6.07, 6.45) is 5.62. The first-order valence-corrected chi connectivity index (χ1v) is 7.90. The Morgan fingerprint density at radius 1 is 1.21 bits per heavy atom. The number of piperidine rings is 2. The van der Waals surface area contributed by atoms with Crippen molar-refractivity contribution < 1.29 is 4.79 Å². The van der Waals surface area contributed by atoms with Gasteiger partial charge in [-0.3, -0.25) is 4.79 Å². The molecule has 5 heteroatoms. The van der Waals surface area contributed by atoms with E-state index in [4.69, 9.17) is 5.26 Å². The number of carbonyl (C=O) groups is 1. The van der Waals surface area contributed by atoms with E-state index in [9.17, 15) is 4.79 Å². The number of hydrogen-bond donors (Lipinski definition) is 0. The number of rotatable bonds is 2. The van der Waals surface area contributed by atoms with E-state index in [1.54, 1.807) is 0 Å². The monoisotopic (exact) mass is 373 g/mol. The zero-order chi connectivity index (χ0) is 13.8. The first-order chi connectivity index (χ1) is 9.13. The summed E-state index contributed by atoms with van der Waals surface area (Å²) in [5.41, 5.74) is 0.0817. The van der Waals surface area contributed by atoms with Gasteiger partial charge in [-0.25, -0.2) is 3.11 Å². The molecule has 0 radical (unpaired) electrons. The second-order valence-corrected chi connectivity index (χ2v) is 6.76. The number of halogens is 1. The van der Waals surface area contributed by atoms with Gasteiger partial charge in [-0.2, -0.15) is 5.26 Å². The number of hydrogen-bond acceptors (Lipinski definition) is 3. The van der Waals surface area contributed by atoms with Crippen LogP contribution in [0.4, 0.5) is 0 Å². The number of carbonyl (C=O) groups excluding carboxylic acids is 1. The van der Waals surface area contributed by atoms with Crippen molar-refractivity contribution >= 4 is 28.8 Å². The van der Waals surface area contributed by atoms with E-state index in [0.29, 0.717) is 12.0 Å². The summed E-state index contributed by atoms with van der Waals surface area (Å²) in [4.78, 5) is 14.2. The molecule has 0 aromatic carbocycles. The van der Waals surface area contributed by atoms with Crippen LogP contribution in [0.2, 0.25) is 0 Å². The minimum atomic E-state index is -0.149.